The summed E-state index contributed by atoms with van der Waals surface area (Å²) in [6, 6.07) is 10.4. The fraction of sp³-hybridized carbons (Fsp3) is 0.118. The van der Waals surface area contributed by atoms with Crippen molar-refractivity contribution in [1.82, 2.24) is 0 Å². The van der Waals surface area contributed by atoms with Gasteiger partial charge in [-0.3, -0.25) is 0 Å². The molecular formula is C17H14O6S. The molecule has 1 N–H and O–H groups in total. The summed E-state index contributed by atoms with van der Waals surface area (Å²) in [7, 11) is -1.86. The normalized spacial score (nSPS) is 11.6. The maximum absolute atomic E-state index is 12.3. The Hall–Kier alpha value is -2.80. The molecule has 1 heterocycles. The monoisotopic (exact) mass is 346 g/mol. The van der Waals surface area contributed by atoms with E-state index in [1.807, 2.05) is 0 Å². The zero-order chi connectivity index (χ0) is 17.5. The van der Waals surface area contributed by atoms with Crippen LogP contribution in [-0.4, -0.2) is 26.9 Å². The minimum absolute atomic E-state index is 0.0206. The van der Waals surface area contributed by atoms with Gasteiger partial charge in [0.1, 0.15) is 22.6 Å². The number of sulfone groups is 1. The van der Waals surface area contributed by atoms with Crippen molar-refractivity contribution in [2.24, 2.45) is 0 Å². The summed E-state index contributed by atoms with van der Waals surface area (Å²) in [5.41, 5.74) is -0.173. The van der Waals surface area contributed by atoms with Gasteiger partial charge in [0.05, 0.1) is 17.4 Å². The lowest BCUT2D eigenvalue weighted by atomic mass is 10.0. The molecule has 3 rings (SSSR count). The van der Waals surface area contributed by atoms with Crippen molar-refractivity contribution >= 4 is 20.8 Å². The molecule has 1 aromatic heterocycles. The number of rotatable bonds is 3. The van der Waals surface area contributed by atoms with Gasteiger partial charge in [0.25, 0.3) is 0 Å². The minimum atomic E-state index is -3.34. The van der Waals surface area contributed by atoms with Crippen LogP contribution in [0.4, 0.5) is 0 Å². The molecule has 24 heavy (non-hydrogen) atoms. The quantitative estimate of drug-likeness (QED) is 0.733. The second-order valence-corrected chi connectivity index (χ2v) is 7.29. The van der Waals surface area contributed by atoms with Gasteiger partial charge < -0.3 is 14.3 Å². The minimum Gasteiger partial charge on any atom is -0.506 e. The van der Waals surface area contributed by atoms with E-state index in [-0.39, 0.29) is 21.8 Å². The predicted octanol–water partition coefficient (Wildman–Crippen LogP) is 2.58. The van der Waals surface area contributed by atoms with Crippen LogP contribution in [0.25, 0.3) is 22.1 Å². The molecule has 0 atom stereocenters. The van der Waals surface area contributed by atoms with E-state index in [2.05, 4.69) is 0 Å². The summed E-state index contributed by atoms with van der Waals surface area (Å²) in [5, 5.41) is 10.8. The Morgan fingerprint density at radius 2 is 1.75 bits per heavy atom. The van der Waals surface area contributed by atoms with Crippen LogP contribution in [0, 0.1) is 0 Å². The Morgan fingerprint density at radius 3 is 2.33 bits per heavy atom. The Balaban J connectivity index is 2.21. The van der Waals surface area contributed by atoms with Gasteiger partial charge in [0.2, 0.25) is 0 Å². The van der Waals surface area contributed by atoms with Gasteiger partial charge in [-0.1, -0.05) is 12.1 Å². The van der Waals surface area contributed by atoms with E-state index in [4.69, 9.17) is 9.15 Å². The summed E-state index contributed by atoms with van der Waals surface area (Å²) < 4.78 is 33.3. The summed E-state index contributed by atoms with van der Waals surface area (Å²) in [5.74, 6) is 0.270. The summed E-state index contributed by atoms with van der Waals surface area (Å²) in [4.78, 5) is 12.4. The number of aromatic hydroxyl groups is 1. The van der Waals surface area contributed by atoms with Crippen molar-refractivity contribution in [2.75, 3.05) is 13.4 Å². The number of hydrogen-bond donors (Lipinski definition) is 1. The summed E-state index contributed by atoms with van der Waals surface area (Å²) in [6.07, 6.45) is 1.09. The van der Waals surface area contributed by atoms with Crippen LogP contribution in [0.5, 0.6) is 11.5 Å². The fourth-order valence-electron chi connectivity index (χ4n) is 2.42. The van der Waals surface area contributed by atoms with Crippen molar-refractivity contribution in [3.63, 3.8) is 0 Å². The predicted molar refractivity (Wildman–Crippen MR) is 89.2 cm³/mol. The zero-order valence-corrected chi connectivity index (χ0v) is 13.8. The van der Waals surface area contributed by atoms with E-state index in [0.29, 0.717) is 16.7 Å². The van der Waals surface area contributed by atoms with E-state index in [1.54, 1.807) is 12.1 Å². The molecule has 0 aliphatic carbocycles. The second-order valence-electron chi connectivity index (χ2n) is 5.27. The lowest BCUT2D eigenvalue weighted by molar-refractivity contribution is 0.413. The van der Waals surface area contributed by atoms with Gasteiger partial charge in [-0.25, -0.2) is 13.2 Å². The topological polar surface area (TPSA) is 93.8 Å². The Bertz CT molecular complexity index is 1080. The van der Waals surface area contributed by atoms with Gasteiger partial charge in [0.15, 0.2) is 9.84 Å². The number of fused-ring (bicyclic) bond motifs is 1. The third kappa shape index (κ3) is 2.74. The van der Waals surface area contributed by atoms with Crippen LogP contribution in [0.2, 0.25) is 0 Å². The van der Waals surface area contributed by atoms with Crippen LogP contribution in [0.1, 0.15) is 0 Å². The molecule has 6 nitrogen and oxygen atoms in total. The highest BCUT2D eigenvalue weighted by Gasteiger charge is 2.17. The van der Waals surface area contributed by atoms with Crippen LogP contribution in [-0.2, 0) is 9.84 Å². The molecule has 0 spiro atoms. The number of benzene rings is 2. The molecule has 0 saturated heterocycles. The average molecular weight is 346 g/mol. The Morgan fingerprint density at radius 1 is 1.08 bits per heavy atom. The number of ether oxygens (including phenoxy) is 1. The highest BCUT2D eigenvalue weighted by atomic mass is 32.2. The molecule has 0 radical (unpaired) electrons. The first-order valence-electron chi connectivity index (χ1n) is 6.95. The first-order chi connectivity index (χ1) is 11.3. The molecular weight excluding hydrogens is 332 g/mol. The molecule has 3 aromatic rings. The van der Waals surface area contributed by atoms with E-state index in [9.17, 15) is 18.3 Å². The van der Waals surface area contributed by atoms with Crippen molar-refractivity contribution in [2.45, 2.75) is 4.90 Å². The standard InChI is InChI=1S/C17H14O6S/c1-22-11-5-8-13-14(9-11)23-17(19)15(16(13)18)10-3-6-12(7-4-10)24(2,20)21/h3-9,18H,1-2H3. The molecule has 7 heteroatoms. The van der Waals surface area contributed by atoms with Crippen molar-refractivity contribution in [3.8, 4) is 22.6 Å². The van der Waals surface area contributed by atoms with E-state index < -0.39 is 15.5 Å². The Kier molecular flexibility index (Phi) is 3.81. The first kappa shape index (κ1) is 16.1. The van der Waals surface area contributed by atoms with Crippen LogP contribution < -0.4 is 10.4 Å². The lowest BCUT2D eigenvalue weighted by Crippen LogP contribution is -2.04. The van der Waals surface area contributed by atoms with Crippen LogP contribution in [0.15, 0.2) is 56.6 Å². The molecule has 0 bridgehead atoms. The van der Waals surface area contributed by atoms with E-state index in [1.165, 1.54) is 37.4 Å². The number of methoxy groups -OCH3 is 1. The van der Waals surface area contributed by atoms with Crippen molar-refractivity contribution < 1.29 is 22.7 Å². The maximum Gasteiger partial charge on any atom is 0.347 e. The average Bonchev–Trinajstić information content (AvgIpc) is 2.54. The van der Waals surface area contributed by atoms with Gasteiger partial charge in [-0.05, 0) is 29.8 Å². The third-order valence-electron chi connectivity index (χ3n) is 3.66. The van der Waals surface area contributed by atoms with Gasteiger partial charge in [-0.2, -0.15) is 0 Å². The van der Waals surface area contributed by atoms with Gasteiger partial charge in [-0.15, -0.1) is 0 Å². The molecule has 0 saturated carbocycles. The highest BCUT2D eigenvalue weighted by Crippen LogP contribution is 2.34. The largest absolute Gasteiger partial charge is 0.506 e. The van der Waals surface area contributed by atoms with Gasteiger partial charge in [0, 0.05) is 12.3 Å². The van der Waals surface area contributed by atoms with Crippen molar-refractivity contribution in [1.29, 1.82) is 0 Å². The Labute approximate surface area is 137 Å². The van der Waals surface area contributed by atoms with E-state index >= 15 is 0 Å². The van der Waals surface area contributed by atoms with Crippen molar-refractivity contribution in [3.05, 3.63) is 52.9 Å². The van der Waals surface area contributed by atoms with Crippen LogP contribution >= 0.6 is 0 Å². The molecule has 124 valence electrons. The fourth-order valence-corrected chi connectivity index (χ4v) is 3.05. The molecule has 0 aliphatic heterocycles. The summed E-state index contributed by atoms with van der Waals surface area (Å²) in [6.45, 7) is 0. The molecule has 0 unspecified atom stereocenters. The highest BCUT2D eigenvalue weighted by molar-refractivity contribution is 7.90. The van der Waals surface area contributed by atoms with Gasteiger partial charge >= 0.3 is 5.63 Å². The van der Waals surface area contributed by atoms with Crippen LogP contribution in [0.3, 0.4) is 0 Å². The molecule has 0 fully saturated rings. The zero-order valence-electron chi connectivity index (χ0n) is 12.9. The lowest BCUT2D eigenvalue weighted by Gasteiger charge is -2.08. The van der Waals surface area contributed by atoms with E-state index in [0.717, 1.165) is 6.26 Å². The molecule has 0 aliphatic rings. The second kappa shape index (κ2) is 5.68. The summed E-state index contributed by atoms with van der Waals surface area (Å²) >= 11 is 0. The third-order valence-corrected chi connectivity index (χ3v) is 4.79. The first-order valence-corrected chi connectivity index (χ1v) is 8.84. The smallest absolute Gasteiger partial charge is 0.347 e. The number of hydrogen-bond acceptors (Lipinski definition) is 6. The molecule has 0 amide bonds. The molecule has 2 aromatic carbocycles. The SMILES string of the molecule is COc1ccc2c(O)c(-c3ccc(S(C)(=O)=O)cc3)c(=O)oc2c1. The maximum atomic E-state index is 12.3.